The number of carbonyl (C=O) groups excluding carboxylic acids is 14. The lowest BCUT2D eigenvalue weighted by molar-refractivity contribution is -0.148. The van der Waals surface area contributed by atoms with E-state index in [1.807, 2.05) is 0 Å². The molecule has 14 amide bonds. The smallest absolute Gasteiger partial charge is 0.327 e. The zero-order chi connectivity index (χ0) is 92.3. The van der Waals surface area contributed by atoms with Crippen molar-refractivity contribution in [1.82, 2.24) is 63.0 Å². The van der Waals surface area contributed by atoms with Crippen LogP contribution in [0.3, 0.4) is 0 Å². The molecule has 0 saturated carbocycles. The molecule has 0 bridgehead atoms. The van der Waals surface area contributed by atoms with Gasteiger partial charge in [-0.05, 0) is 167 Å². The molecule has 0 aromatic heterocycles. The van der Waals surface area contributed by atoms with Crippen LogP contribution in [-0.2, 0) is 71.9 Å². The van der Waals surface area contributed by atoms with Crippen molar-refractivity contribution >= 4 is 137 Å². The maximum atomic E-state index is 15.1. The Morgan fingerprint density at radius 1 is 0.325 bits per heavy atom. The van der Waals surface area contributed by atoms with E-state index in [2.05, 4.69) is 95.8 Å². The van der Waals surface area contributed by atoms with Crippen molar-refractivity contribution < 1.29 is 77.0 Å². The number of aliphatic imine (C=N–C) groups is 6. The number of carboxylic acids is 1. The van der Waals surface area contributed by atoms with Crippen LogP contribution in [0.5, 0.6) is 0 Å². The number of unbranched alkanes of at least 4 members (excludes halogenated alkanes) is 2. The van der Waals surface area contributed by atoms with Crippen LogP contribution in [-0.4, -0.2) is 289 Å². The number of thiol groups is 1. The van der Waals surface area contributed by atoms with Crippen LogP contribution in [0.4, 0.5) is 0 Å². The monoisotopic (exact) mass is 1760 g/mol. The first-order valence-corrected chi connectivity index (χ1v) is 41.4. The summed E-state index contributed by atoms with van der Waals surface area (Å²) >= 11 is 3.97. The minimum atomic E-state index is -1.78. The van der Waals surface area contributed by atoms with Crippen LogP contribution in [0.1, 0.15) is 167 Å². The van der Waals surface area contributed by atoms with Crippen LogP contribution in [0.15, 0.2) is 30.0 Å². The SMILES string of the molecule is NCCCC[C@H](NC(=O)[C@H](CCCCN)NC(=O)[C@@H](N)CCCN=C(N)N)C(=O)N[C@@H](CCCN=C(N)N)C(=O)N[C@@H](CCCN=C(N)N)C(=O)N[C@@H](CCC(N)=O)C(=O)N[C@@H](CCCN=C(N)N)C(=O)N[C@@H](CCCN=C(N)N)C(=O)N[C@@H](CCCN=C(N)N)C(=O)N1CCC[C@H]1C(=O)N1CCC[C@H]1C(=O)N[C@@H](CCC(N)=O)C(=O)N[C@@H](CS)C(=O)O. The van der Waals surface area contributed by atoms with Crippen LogP contribution in [0.2, 0.25) is 0 Å². The summed E-state index contributed by atoms with van der Waals surface area (Å²) in [5, 5.41) is 35.5. The highest BCUT2D eigenvalue weighted by atomic mass is 32.1. The summed E-state index contributed by atoms with van der Waals surface area (Å²) in [5.74, 6) is -16.2. The van der Waals surface area contributed by atoms with Crippen LogP contribution in [0.25, 0.3) is 0 Å². The van der Waals surface area contributed by atoms with Gasteiger partial charge >= 0.3 is 5.97 Å². The molecule has 0 unspecified atom stereocenters. The molecule has 0 radical (unpaired) electrons. The summed E-state index contributed by atoms with van der Waals surface area (Å²) in [6, 6.07) is -18.8. The lowest BCUT2D eigenvalue weighted by atomic mass is 10.0. The van der Waals surface area contributed by atoms with Gasteiger partial charge in [-0.25, -0.2) is 4.79 Å². The fourth-order valence-electron chi connectivity index (χ4n) is 13.0. The number of nitrogens with zero attached hydrogens (tertiary/aromatic N) is 8. The van der Waals surface area contributed by atoms with Crippen molar-refractivity contribution in [3.05, 3.63) is 0 Å². The average molecular weight is 1770 g/mol. The summed E-state index contributed by atoms with van der Waals surface area (Å²) in [7, 11) is 0. The number of rotatable bonds is 62. The Morgan fingerprint density at radius 2 is 0.585 bits per heavy atom. The first-order chi connectivity index (χ1) is 58.2. The van der Waals surface area contributed by atoms with Gasteiger partial charge in [-0.3, -0.25) is 97.1 Å². The number of aliphatic carboxylic acids is 1. The zero-order valence-electron chi connectivity index (χ0n) is 69.6. The van der Waals surface area contributed by atoms with Gasteiger partial charge in [0.2, 0.25) is 82.7 Å². The summed E-state index contributed by atoms with van der Waals surface area (Å²) in [6.07, 6.45) is -0.430. The largest absolute Gasteiger partial charge is 0.480 e. The maximum Gasteiger partial charge on any atom is 0.327 e. The molecule has 2 fully saturated rings. The van der Waals surface area contributed by atoms with Crippen molar-refractivity contribution in [1.29, 1.82) is 0 Å². The van der Waals surface area contributed by atoms with E-state index in [0.717, 1.165) is 0 Å². The molecular formula is C71H133N35O16S. The number of primary amides is 2. The summed E-state index contributed by atoms with van der Waals surface area (Å²) in [4.78, 5) is 237. The molecule has 0 aromatic rings. The number of amides is 14. The first-order valence-electron chi connectivity index (χ1n) is 40.8. The fraction of sp³-hybridized carbons (Fsp3) is 0.704. The second-order valence-electron chi connectivity index (χ2n) is 29.4. The number of carbonyl (C=O) groups is 15. The van der Waals surface area contributed by atoms with E-state index in [0.29, 0.717) is 32.1 Å². The third kappa shape index (κ3) is 43.3. The van der Waals surface area contributed by atoms with E-state index in [4.69, 9.17) is 97.5 Å². The minimum absolute atomic E-state index is 0.0179. The maximum absolute atomic E-state index is 15.1. The average Bonchev–Trinajstić information content (AvgIpc) is 1.66. The predicted molar refractivity (Wildman–Crippen MR) is 460 cm³/mol. The van der Waals surface area contributed by atoms with Gasteiger partial charge in [0.1, 0.15) is 72.5 Å². The Labute approximate surface area is 718 Å². The summed E-state index contributed by atoms with van der Waals surface area (Å²) < 4.78 is 0. The number of carboxylic acid groups (broad SMARTS) is 1. The van der Waals surface area contributed by atoms with Gasteiger partial charge in [-0.2, -0.15) is 12.6 Å². The van der Waals surface area contributed by atoms with Gasteiger partial charge in [0.15, 0.2) is 35.8 Å². The molecule has 2 aliphatic rings. The number of hydrogen-bond donors (Lipinski definition) is 29. The molecule has 123 heavy (non-hydrogen) atoms. The van der Waals surface area contributed by atoms with Crippen molar-refractivity contribution in [2.24, 2.45) is 127 Å². The van der Waals surface area contributed by atoms with E-state index in [-0.39, 0.29) is 223 Å². The van der Waals surface area contributed by atoms with Crippen molar-refractivity contribution in [2.75, 3.05) is 71.2 Å². The van der Waals surface area contributed by atoms with Crippen LogP contribution < -0.4 is 151 Å². The number of likely N-dealkylation sites (tertiary alicyclic amines) is 2. The number of nitrogens with one attached hydrogen (secondary N) is 10. The Morgan fingerprint density at radius 3 is 0.886 bits per heavy atom. The fourth-order valence-corrected chi connectivity index (χ4v) is 13.3. The standard InChI is InChI=1S/C71H133N35O16S/c72-27-3-1-14-39(95-53(109)38(74)13-5-29-89-66(77)78)54(110)96-40(15-2-4-28-73)55(111)97-41(16-6-30-90-67(79)80)56(112)98-43(18-8-32-92-69(83)84)58(114)101-45(23-25-51(75)107)60(116)100-42(17-7-31-91-68(81)82)57(113)99-44(19-9-33-93-70(85)86)59(115)103-47(20-10-34-94-71(87)88)63(119)106-36-12-22-50(106)64(120)105-35-11-21-49(105)62(118)102-46(24-26-52(76)108)61(117)104-48(37-123)65(121)122/h38-50,123H,1-37,72-74H2,(H2,75,107)(H2,76,108)(H,95,109)(H,96,110)(H,97,111)(H,98,112)(H,99,113)(H,100,116)(H,101,114)(H,102,118)(H,103,115)(H,104,117)(H,121,122)(H4,77,78,89)(H4,79,80,90)(H4,81,82,91)(H4,83,84,92)(H4,85,86,93)(H4,87,88,94)/t38-,39-,40-,41-,42-,43-,44-,45-,46-,47-,48-,49-,50-/m0/s1. The summed E-state index contributed by atoms with van der Waals surface area (Å²) in [5.41, 5.74) is 96.0. The molecule has 13 atom stereocenters. The number of guanidine groups is 6. The highest BCUT2D eigenvalue weighted by Gasteiger charge is 2.45. The highest BCUT2D eigenvalue weighted by molar-refractivity contribution is 7.80. The van der Waals surface area contributed by atoms with Gasteiger partial charge in [0, 0.05) is 71.0 Å². The lowest BCUT2D eigenvalue weighted by Gasteiger charge is -2.33. The summed E-state index contributed by atoms with van der Waals surface area (Å²) in [6.45, 7) is 0.114. The molecule has 2 heterocycles. The molecule has 0 aliphatic carbocycles. The highest BCUT2D eigenvalue weighted by Crippen LogP contribution is 2.27. The van der Waals surface area contributed by atoms with E-state index in [9.17, 15) is 62.6 Å². The predicted octanol–water partition coefficient (Wildman–Crippen LogP) is -12.7. The molecule has 51 nitrogen and oxygen atoms in total. The van der Waals surface area contributed by atoms with Crippen LogP contribution >= 0.6 is 12.6 Å². The second kappa shape index (κ2) is 58.8. The second-order valence-corrected chi connectivity index (χ2v) is 29.8. The first kappa shape index (κ1) is 107. The quantitative estimate of drug-likeness (QED) is 0.0116. The number of hydrogen-bond acceptors (Lipinski definition) is 25. The molecule has 2 saturated heterocycles. The molecule has 694 valence electrons. The molecule has 0 spiro atoms. The van der Waals surface area contributed by atoms with Gasteiger partial charge < -0.3 is 166 Å². The van der Waals surface area contributed by atoms with Crippen molar-refractivity contribution in [3.8, 4) is 0 Å². The molecular weight excluding hydrogens is 1630 g/mol. The molecule has 2 aliphatic heterocycles. The Kier molecular flexibility index (Phi) is 51.1. The molecule has 45 N–H and O–H groups in total. The van der Waals surface area contributed by atoms with E-state index in [1.165, 1.54) is 9.80 Å². The zero-order valence-corrected chi connectivity index (χ0v) is 70.5. The van der Waals surface area contributed by atoms with Gasteiger partial charge in [0.25, 0.3) is 0 Å². The number of nitrogens with two attached hydrogens (primary N) is 17. The van der Waals surface area contributed by atoms with Crippen LogP contribution in [0, 0.1) is 0 Å². The lowest BCUT2D eigenvalue weighted by Crippen LogP contribution is -2.61. The topological polar surface area (TPSA) is 920 Å². The normalized spacial score (nSPS) is 16.1. The van der Waals surface area contributed by atoms with E-state index < -0.39 is 186 Å². The van der Waals surface area contributed by atoms with Gasteiger partial charge in [-0.15, -0.1) is 0 Å². The third-order valence-electron chi connectivity index (χ3n) is 19.4. The third-order valence-corrected chi connectivity index (χ3v) is 19.8. The minimum Gasteiger partial charge on any atom is -0.480 e. The Hall–Kier alpha value is -12.1. The Balaban J connectivity index is 2.75. The molecule has 0 aromatic carbocycles. The van der Waals surface area contributed by atoms with E-state index >= 15 is 14.4 Å². The molecule has 2 rings (SSSR count). The van der Waals surface area contributed by atoms with Gasteiger partial charge in [0.05, 0.1) is 6.04 Å². The van der Waals surface area contributed by atoms with E-state index in [1.54, 1.807) is 0 Å². The van der Waals surface area contributed by atoms with Gasteiger partial charge in [-0.1, -0.05) is 0 Å². The van der Waals surface area contributed by atoms with Crippen molar-refractivity contribution in [2.45, 2.75) is 245 Å². The molecule has 52 heteroatoms. The Bertz CT molecular complexity index is 3660. The van der Waals surface area contributed by atoms with Crippen molar-refractivity contribution in [3.63, 3.8) is 0 Å².